The number of carbonyl (C=O) groups is 1. The molecule has 0 radical (unpaired) electrons. The van der Waals surface area contributed by atoms with Crippen molar-refractivity contribution in [1.82, 2.24) is 10.7 Å². The minimum Gasteiger partial charge on any atom is -0.304 e. The number of rotatable bonds is 1. The highest BCUT2D eigenvalue weighted by Gasteiger charge is 2.19. The van der Waals surface area contributed by atoms with Gasteiger partial charge < -0.3 is 5.32 Å². The van der Waals surface area contributed by atoms with Crippen molar-refractivity contribution in [3.8, 4) is 0 Å². The van der Waals surface area contributed by atoms with Gasteiger partial charge in [-0.3, -0.25) is 10.2 Å². The van der Waals surface area contributed by atoms with Crippen molar-refractivity contribution in [3.63, 3.8) is 0 Å². The van der Waals surface area contributed by atoms with Gasteiger partial charge in [0.15, 0.2) is 0 Å². The highest BCUT2D eigenvalue weighted by atomic mass is 32.2. The lowest BCUT2D eigenvalue weighted by molar-refractivity contribution is -0.122. The second kappa shape index (κ2) is 3.80. The van der Waals surface area contributed by atoms with Gasteiger partial charge in [-0.15, -0.1) is 0 Å². The summed E-state index contributed by atoms with van der Waals surface area (Å²) in [4.78, 5) is 10.9. The molecule has 0 spiro atoms. The van der Waals surface area contributed by atoms with Crippen LogP contribution in [0.15, 0.2) is 0 Å². The predicted molar refractivity (Wildman–Crippen MR) is 41.4 cm³/mol. The van der Waals surface area contributed by atoms with E-state index >= 15 is 0 Å². The largest absolute Gasteiger partial charge is 0.304 e. The molecule has 1 rings (SSSR count). The first-order chi connectivity index (χ1) is 4.84. The number of hydrogen-bond donors (Lipinski definition) is 3. The molecule has 10 heavy (non-hydrogen) atoms. The lowest BCUT2D eigenvalue weighted by Gasteiger charge is -2.20. The molecule has 0 aliphatic carbocycles. The minimum atomic E-state index is -0.118. The quantitative estimate of drug-likeness (QED) is 0.253. The number of nitrogens with one attached hydrogen (secondary N) is 2. The van der Waals surface area contributed by atoms with Crippen LogP contribution in [0.1, 0.15) is 0 Å². The Hall–Kier alpha value is -0.260. The van der Waals surface area contributed by atoms with Crippen molar-refractivity contribution in [2.24, 2.45) is 5.84 Å². The van der Waals surface area contributed by atoms with Crippen molar-refractivity contribution in [2.75, 3.05) is 18.1 Å². The summed E-state index contributed by atoms with van der Waals surface area (Å²) < 4.78 is 0. The highest BCUT2D eigenvalue weighted by molar-refractivity contribution is 7.99. The second-order valence-corrected chi connectivity index (χ2v) is 3.24. The third kappa shape index (κ3) is 1.86. The van der Waals surface area contributed by atoms with Crippen LogP contribution in [0.3, 0.4) is 0 Å². The molecule has 1 aliphatic rings. The molecule has 1 fully saturated rings. The zero-order chi connectivity index (χ0) is 7.40. The zero-order valence-corrected chi connectivity index (χ0v) is 6.41. The summed E-state index contributed by atoms with van der Waals surface area (Å²) in [6.07, 6.45) is 0. The lowest BCUT2D eigenvalue weighted by Crippen LogP contribution is -2.50. The van der Waals surface area contributed by atoms with E-state index in [9.17, 15) is 4.79 Å². The molecule has 1 heterocycles. The van der Waals surface area contributed by atoms with E-state index in [1.54, 1.807) is 11.8 Å². The summed E-state index contributed by atoms with van der Waals surface area (Å²) in [6, 6.07) is -0.0938. The van der Waals surface area contributed by atoms with Crippen molar-refractivity contribution in [3.05, 3.63) is 0 Å². The van der Waals surface area contributed by atoms with E-state index < -0.39 is 0 Å². The topological polar surface area (TPSA) is 67.1 Å². The van der Waals surface area contributed by atoms with Crippen LogP contribution < -0.4 is 16.6 Å². The third-order valence-corrected chi connectivity index (χ3v) is 2.44. The molecule has 4 N–H and O–H groups in total. The van der Waals surface area contributed by atoms with Gasteiger partial charge in [-0.2, -0.15) is 11.8 Å². The maximum absolute atomic E-state index is 10.9. The molecule has 1 aliphatic heterocycles. The standard InChI is InChI=1S/C5H11N3OS/c6-8-5(9)4-3-10-2-1-7-4/h4,7H,1-3,6H2,(H,8,9). The van der Waals surface area contributed by atoms with E-state index in [1.807, 2.05) is 0 Å². The van der Waals surface area contributed by atoms with Crippen LogP contribution in [0.2, 0.25) is 0 Å². The van der Waals surface area contributed by atoms with Gasteiger partial charge in [-0.25, -0.2) is 5.84 Å². The molecule has 1 saturated heterocycles. The zero-order valence-electron chi connectivity index (χ0n) is 5.59. The number of hydrogen-bond acceptors (Lipinski definition) is 4. The van der Waals surface area contributed by atoms with Gasteiger partial charge in [0.2, 0.25) is 0 Å². The van der Waals surface area contributed by atoms with E-state index in [-0.39, 0.29) is 11.9 Å². The molecular formula is C5H11N3OS. The first-order valence-corrected chi connectivity index (χ1v) is 4.31. The summed E-state index contributed by atoms with van der Waals surface area (Å²) in [5, 5.41) is 3.06. The number of thioether (sulfide) groups is 1. The van der Waals surface area contributed by atoms with Gasteiger partial charge in [0.05, 0.1) is 6.04 Å². The van der Waals surface area contributed by atoms with Crippen LogP contribution in [0.4, 0.5) is 0 Å². The summed E-state index contributed by atoms with van der Waals surface area (Å²) >= 11 is 1.77. The molecule has 58 valence electrons. The van der Waals surface area contributed by atoms with Crippen molar-refractivity contribution in [2.45, 2.75) is 6.04 Å². The van der Waals surface area contributed by atoms with Gasteiger partial charge in [-0.1, -0.05) is 0 Å². The van der Waals surface area contributed by atoms with Crippen LogP contribution in [0.25, 0.3) is 0 Å². The van der Waals surface area contributed by atoms with Gasteiger partial charge in [-0.05, 0) is 0 Å². The molecule has 0 aromatic heterocycles. The number of amides is 1. The molecular weight excluding hydrogens is 150 g/mol. The normalized spacial score (nSPS) is 25.9. The summed E-state index contributed by atoms with van der Waals surface area (Å²) in [5.41, 5.74) is 2.12. The van der Waals surface area contributed by atoms with Gasteiger partial charge >= 0.3 is 0 Å². The fraction of sp³-hybridized carbons (Fsp3) is 0.800. The van der Waals surface area contributed by atoms with Crippen LogP contribution in [0.5, 0.6) is 0 Å². The van der Waals surface area contributed by atoms with Gasteiger partial charge in [0.1, 0.15) is 0 Å². The molecule has 1 amide bonds. The van der Waals surface area contributed by atoms with Crippen LogP contribution in [0, 0.1) is 0 Å². The fourth-order valence-corrected chi connectivity index (χ4v) is 1.77. The highest BCUT2D eigenvalue weighted by Crippen LogP contribution is 2.06. The molecule has 5 heteroatoms. The molecule has 0 aromatic carbocycles. The first kappa shape index (κ1) is 7.84. The third-order valence-electron chi connectivity index (χ3n) is 1.38. The maximum Gasteiger partial charge on any atom is 0.251 e. The Balaban J connectivity index is 2.31. The van der Waals surface area contributed by atoms with E-state index in [0.717, 1.165) is 18.1 Å². The smallest absolute Gasteiger partial charge is 0.251 e. The Morgan fingerprint density at radius 3 is 3.10 bits per heavy atom. The van der Waals surface area contributed by atoms with Crippen molar-refractivity contribution < 1.29 is 4.79 Å². The Labute approximate surface area is 63.9 Å². The molecule has 4 nitrogen and oxygen atoms in total. The number of hydrazine groups is 1. The van der Waals surface area contributed by atoms with Crippen LogP contribution in [-0.2, 0) is 4.79 Å². The van der Waals surface area contributed by atoms with Crippen molar-refractivity contribution >= 4 is 17.7 Å². The van der Waals surface area contributed by atoms with Crippen LogP contribution in [-0.4, -0.2) is 30.0 Å². The second-order valence-electron chi connectivity index (χ2n) is 2.09. The van der Waals surface area contributed by atoms with Crippen LogP contribution >= 0.6 is 11.8 Å². The average molecular weight is 161 g/mol. The van der Waals surface area contributed by atoms with E-state index in [0.29, 0.717) is 0 Å². The molecule has 0 aromatic rings. The van der Waals surface area contributed by atoms with E-state index in [2.05, 4.69) is 10.7 Å². The van der Waals surface area contributed by atoms with Gasteiger partial charge in [0.25, 0.3) is 5.91 Å². The average Bonchev–Trinajstić information content (AvgIpc) is 2.05. The minimum absolute atomic E-state index is 0.0938. The Morgan fingerprint density at radius 1 is 1.80 bits per heavy atom. The van der Waals surface area contributed by atoms with Gasteiger partial charge in [0, 0.05) is 18.1 Å². The summed E-state index contributed by atoms with van der Waals surface area (Å²) in [6.45, 7) is 0.892. The maximum atomic E-state index is 10.9. The lowest BCUT2D eigenvalue weighted by atomic mass is 10.3. The molecule has 0 bridgehead atoms. The SMILES string of the molecule is NNC(=O)C1CSCCN1. The fourth-order valence-electron chi connectivity index (χ4n) is 0.834. The Kier molecular flexibility index (Phi) is 2.98. The number of nitrogens with two attached hydrogens (primary N) is 1. The van der Waals surface area contributed by atoms with E-state index in [4.69, 9.17) is 5.84 Å². The molecule has 0 saturated carbocycles. The Morgan fingerprint density at radius 2 is 2.60 bits per heavy atom. The predicted octanol–water partition coefficient (Wildman–Crippen LogP) is -1.32. The number of carbonyl (C=O) groups excluding carboxylic acids is 1. The van der Waals surface area contributed by atoms with E-state index in [1.165, 1.54) is 0 Å². The molecule has 1 atom stereocenters. The Bertz CT molecular complexity index is 124. The van der Waals surface area contributed by atoms with Crippen molar-refractivity contribution in [1.29, 1.82) is 0 Å². The first-order valence-electron chi connectivity index (χ1n) is 3.16. The molecule has 1 unspecified atom stereocenters. The summed E-state index contributed by atoms with van der Waals surface area (Å²) in [7, 11) is 0. The monoisotopic (exact) mass is 161 g/mol. The summed E-state index contributed by atoms with van der Waals surface area (Å²) in [5.74, 6) is 6.74.